The van der Waals surface area contributed by atoms with Gasteiger partial charge in [0.05, 0.1) is 6.04 Å². The van der Waals surface area contributed by atoms with Gasteiger partial charge in [0.25, 0.3) is 0 Å². The summed E-state index contributed by atoms with van der Waals surface area (Å²) in [6, 6.07) is 10.3. The van der Waals surface area contributed by atoms with E-state index in [0.29, 0.717) is 6.42 Å². The van der Waals surface area contributed by atoms with Gasteiger partial charge in [0.1, 0.15) is 0 Å². The van der Waals surface area contributed by atoms with Crippen molar-refractivity contribution < 1.29 is 9.90 Å². The first-order chi connectivity index (χ1) is 10.7. The monoisotopic (exact) mass is 322 g/mol. The Morgan fingerprint density at radius 2 is 2.23 bits per heavy atom. The first-order valence-corrected chi connectivity index (χ1v) is 9.32. The lowest BCUT2D eigenvalue weighted by molar-refractivity contribution is -0.126. The SMILES string of the molecule is CSCC(CCO)NC(=O)C1CCCN1Cc1ccccc1. The Kier molecular flexibility index (Phi) is 7.22. The number of hydrogen-bond acceptors (Lipinski definition) is 4. The molecule has 0 aromatic heterocycles. The topological polar surface area (TPSA) is 52.6 Å². The van der Waals surface area contributed by atoms with Gasteiger partial charge in [0.15, 0.2) is 0 Å². The number of carbonyl (C=O) groups excluding carboxylic acids is 1. The summed E-state index contributed by atoms with van der Waals surface area (Å²) in [5.74, 6) is 0.957. The van der Waals surface area contributed by atoms with Crippen LogP contribution in [0.2, 0.25) is 0 Å². The molecule has 0 aliphatic carbocycles. The van der Waals surface area contributed by atoms with Crippen LogP contribution in [-0.4, -0.2) is 53.2 Å². The van der Waals surface area contributed by atoms with Crippen LogP contribution in [0.4, 0.5) is 0 Å². The van der Waals surface area contributed by atoms with Crippen LogP contribution in [0.5, 0.6) is 0 Å². The van der Waals surface area contributed by atoms with Crippen LogP contribution in [0, 0.1) is 0 Å². The molecule has 0 bridgehead atoms. The van der Waals surface area contributed by atoms with Crippen molar-refractivity contribution in [1.82, 2.24) is 10.2 Å². The molecule has 0 radical (unpaired) electrons. The van der Waals surface area contributed by atoms with Gasteiger partial charge >= 0.3 is 0 Å². The summed E-state index contributed by atoms with van der Waals surface area (Å²) in [6.07, 6.45) is 4.63. The van der Waals surface area contributed by atoms with E-state index >= 15 is 0 Å². The summed E-state index contributed by atoms with van der Waals surface area (Å²) >= 11 is 1.70. The van der Waals surface area contributed by atoms with Gasteiger partial charge in [0, 0.05) is 24.9 Å². The van der Waals surface area contributed by atoms with Crippen LogP contribution >= 0.6 is 11.8 Å². The van der Waals surface area contributed by atoms with Crippen LogP contribution in [0.25, 0.3) is 0 Å². The zero-order chi connectivity index (χ0) is 15.8. The quantitative estimate of drug-likeness (QED) is 0.767. The van der Waals surface area contributed by atoms with E-state index in [-0.39, 0.29) is 24.6 Å². The van der Waals surface area contributed by atoms with Gasteiger partial charge < -0.3 is 10.4 Å². The van der Waals surface area contributed by atoms with E-state index in [1.165, 1.54) is 5.56 Å². The number of hydrogen-bond donors (Lipinski definition) is 2. The molecular weight excluding hydrogens is 296 g/mol. The van der Waals surface area contributed by atoms with E-state index in [2.05, 4.69) is 22.3 Å². The molecule has 4 nitrogen and oxygen atoms in total. The van der Waals surface area contributed by atoms with Crippen LogP contribution in [0.15, 0.2) is 30.3 Å². The van der Waals surface area contributed by atoms with E-state index in [9.17, 15) is 4.79 Å². The molecule has 2 atom stereocenters. The molecule has 2 N–H and O–H groups in total. The molecule has 1 aliphatic rings. The summed E-state index contributed by atoms with van der Waals surface area (Å²) < 4.78 is 0. The van der Waals surface area contributed by atoms with E-state index < -0.39 is 0 Å². The number of nitrogens with one attached hydrogen (secondary N) is 1. The highest BCUT2D eigenvalue weighted by molar-refractivity contribution is 7.98. The van der Waals surface area contributed by atoms with Crippen molar-refractivity contribution in [2.24, 2.45) is 0 Å². The van der Waals surface area contributed by atoms with Crippen LogP contribution < -0.4 is 5.32 Å². The zero-order valence-corrected chi connectivity index (χ0v) is 14.0. The first kappa shape index (κ1) is 17.3. The molecule has 1 aliphatic heterocycles. The van der Waals surface area contributed by atoms with Crippen LogP contribution in [-0.2, 0) is 11.3 Å². The summed E-state index contributed by atoms with van der Waals surface area (Å²) in [4.78, 5) is 14.8. The maximum atomic E-state index is 12.6. The molecule has 5 heteroatoms. The number of aliphatic hydroxyl groups is 1. The maximum absolute atomic E-state index is 12.6. The molecule has 1 amide bonds. The summed E-state index contributed by atoms with van der Waals surface area (Å²) in [5.41, 5.74) is 1.25. The van der Waals surface area contributed by atoms with E-state index in [4.69, 9.17) is 5.11 Å². The minimum Gasteiger partial charge on any atom is -0.396 e. The van der Waals surface area contributed by atoms with Crippen LogP contribution in [0.3, 0.4) is 0 Å². The lowest BCUT2D eigenvalue weighted by Crippen LogP contribution is -2.47. The smallest absolute Gasteiger partial charge is 0.237 e. The minimum absolute atomic E-state index is 0.0387. The van der Waals surface area contributed by atoms with E-state index in [1.807, 2.05) is 24.5 Å². The Bertz CT molecular complexity index is 449. The minimum atomic E-state index is -0.0387. The number of nitrogens with zero attached hydrogens (tertiary/aromatic N) is 1. The second-order valence-corrected chi connectivity index (χ2v) is 6.70. The Labute approximate surface area is 137 Å². The number of rotatable bonds is 8. The average molecular weight is 322 g/mol. The number of benzene rings is 1. The van der Waals surface area contributed by atoms with Crippen molar-refractivity contribution >= 4 is 17.7 Å². The lowest BCUT2D eigenvalue weighted by atomic mass is 10.1. The van der Waals surface area contributed by atoms with Crippen LogP contribution in [0.1, 0.15) is 24.8 Å². The Morgan fingerprint density at radius 3 is 2.91 bits per heavy atom. The lowest BCUT2D eigenvalue weighted by Gasteiger charge is -2.26. The third kappa shape index (κ3) is 5.00. The summed E-state index contributed by atoms with van der Waals surface area (Å²) in [6.45, 7) is 1.91. The molecule has 2 unspecified atom stereocenters. The van der Waals surface area contributed by atoms with Gasteiger partial charge in [-0.1, -0.05) is 30.3 Å². The van der Waals surface area contributed by atoms with Gasteiger partial charge in [-0.05, 0) is 37.6 Å². The summed E-state index contributed by atoms with van der Waals surface area (Å²) in [5, 5.41) is 12.2. The second-order valence-electron chi connectivity index (χ2n) is 5.79. The molecular formula is C17H26N2O2S. The third-order valence-corrected chi connectivity index (χ3v) is 4.82. The number of amides is 1. The number of aliphatic hydroxyl groups excluding tert-OH is 1. The second kappa shape index (κ2) is 9.18. The van der Waals surface area contributed by atoms with Crippen molar-refractivity contribution in [1.29, 1.82) is 0 Å². The normalized spacial score (nSPS) is 20.0. The fourth-order valence-electron chi connectivity index (χ4n) is 2.98. The molecule has 1 saturated heterocycles. The highest BCUT2D eigenvalue weighted by Crippen LogP contribution is 2.20. The number of likely N-dealkylation sites (tertiary alicyclic amines) is 1. The van der Waals surface area contributed by atoms with E-state index in [1.54, 1.807) is 11.8 Å². The molecule has 1 fully saturated rings. The molecule has 2 rings (SSSR count). The molecule has 1 aromatic rings. The maximum Gasteiger partial charge on any atom is 0.237 e. The van der Waals surface area contributed by atoms with E-state index in [0.717, 1.165) is 31.7 Å². The molecule has 0 spiro atoms. The Morgan fingerprint density at radius 1 is 1.45 bits per heavy atom. The highest BCUT2D eigenvalue weighted by Gasteiger charge is 2.31. The molecule has 0 saturated carbocycles. The van der Waals surface area contributed by atoms with Crippen molar-refractivity contribution in [3.05, 3.63) is 35.9 Å². The largest absolute Gasteiger partial charge is 0.396 e. The van der Waals surface area contributed by atoms with Gasteiger partial charge in [-0.15, -0.1) is 0 Å². The standard InChI is InChI=1S/C17H26N2O2S/c1-22-13-15(9-11-20)18-17(21)16-8-5-10-19(16)12-14-6-3-2-4-7-14/h2-4,6-7,15-16,20H,5,8-13H2,1H3,(H,18,21). The Balaban J connectivity index is 1.92. The summed E-state index contributed by atoms with van der Waals surface area (Å²) in [7, 11) is 0. The van der Waals surface area contributed by atoms with Gasteiger partial charge in [-0.25, -0.2) is 0 Å². The first-order valence-electron chi connectivity index (χ1n) is 7.92. The van der Waals surface area contributed by atoms with Crippen molar-refractivity contribution in [3.8, 4) is 0 Å². The number of carbonyl (C=O) groups is 1. The van der Waals surface area contributed by atoms with Crippen molar-refractivity contribution in [2.75, 3.05) is 25.2 Å². The van der Waals surface area contributed by atoms with Crippen molar-refractivity contribution in [2.45, 2.75) is 37.9 Å². The predicted octanol–water partition coefficient (Wildman–Crippen LogP) is 1.88. The molecule has 122 valence electrons. The van der Waals surface area contributed by atoms with Gasteiger partial charge in [-0.2, -0.15) is 11.8 Å². The zero-order valence-electron chi connectivity index (χ0n) is 13.2. The van der Waals surface area contributed by atoms with Crippen molar-refractivity contribution in [3.63, 3.8) is 0 Å². The van der Waals surface area contributed by atoms with Gasteiger partial charge in [-0.3, -0.25) is 9.69 Å². The molecule has 1 heterocycles. The highest BCUT2D eigenvalue weighted by atomic mass is 32.2. The molecule has 1 aromatic carbocycles. The third-order valence-electron chi connectivity index (χ3n) is 4.09. The fraction of sp³-hybridized carbons (Fsp3) is 0.588. The average Bonchev–Trinajstić information content (AvgIpc) is 2.97. The predicted molar refractivity (Wildman–Crippen MR) is 91.9 cm³/mol. The molecule has 22 heavy (non-hydrogen) atoms. The number of thioether (sulfide) groups is 1. The fourth-order valence-corrected chi connectivity index (χ4v) is 3.63. The Hall–Kier alpha value is -1.04. The van der Waals surface area contributed by atoms with Gasteiger partial charge in [0.2, 0.25) is 5.91 Å².